The van der Waals surface area contributed by atoms with Gasteiger partial charge < -0.3 is 15.8 Å². The zero-order chi connectivity index (χ0) is 16.1. The zero-order valence-electron chi connectivity index (χ0n) is 11.3. The Labute approximate surface area is 137 Å². The molecule has 0 aliphatic carbocycles. The summed E-state index contributed by atoms with van der Waals surface area (Å²) in [5.74, 6) is -0.923. The van der Waals surface area contributed by atoms with Crippen LogP contribution < -0.4 is 15.8 Å². The topological polar surface area (TPSA) is 81.4 Å². The van der Waals surface area contributed by atoms with E-state index in [0.717, 1.165) is 0 Å². The van der Waals surface area contributed by atoms with Gasteiger partial charge in [-0.15, -0.1) is 0 Å². The minimum atomic E-state index is -0.691. The first-order chi connectivity index (χ1) is 10.5. The monoisotopic (exact) mass is 338 g/mol. The van der Waals surface area contributed by atoms with E-state index in [1.807, 2.05) is 0 Å². The Balaban J connectivity index is 2.03. The van der Waals surface area contributed by atoms with Crippen LogP contribution in [0.2, 0.25) is 10.0 Å². The van der Waals surface area contributed by atoms with Gasteiger partial charge in [-0.25, -0.2) is 0 Å². The maximum Gasteiger partial charge on any atom is 0.262 e. The van der Waals surface area contributed by atoms with Crippen molar-refractivity contribution in [2.45, 2.75) is 0 Å². The van der Waals surface area contributed by atoms with Gasteiger partial charge in [0.05, 0.1) is 16.3 Å². The molecule has 0 unspecified atom stereocenters. The van der Waals surface area contributed by atoms with Crippen molar-refractivity contribution in [1.82, 2.24) is 0 Å². The first kappa shape index (κ1) is 16.1. The molecule has 7 heteroatoms. The van der Waals surface area contributed by atoms with Crippen molar-refractivity contribution in [2.75, 3.05) is 11.9 Å². The molecule has 22 heavy (non-hydrogen) atoms. The summed E-state index contributed by atoms with van der Waals surface area (Å²) in [5.41, 5.74) is 5.82. The van der Waals surface area contributed by atoms with Crippen LogP contribution in [0.1, 0.15) is 10.4 Å². The molecule has 0 heterocycles. The lowest BCUT2D eigenvalue weighted by molar-refractivity contribution is -0.118. The quantitative estimate of drug-likeness (QED) is 0.878. The van der Waals surface area contributed by atoms with Gasteiger partial charge in [-0.05, 0) is 30.3 Å². The average molecular weight is 339 g/mol. The van der Waals surface area contributed by atoms with Crippen molar-refractivity contribution in [3.63, 3.8) is 0 Å². The standard InChI is InChI=1S/C15H12Cl2N2O3/c16-9-5-6-13(10(7-9)15(18)21)22-8-14(20)19-12-4-2-1-3-11(12)17/h1-7H,8H2,(H2,18,21)(H,19,20). The van der Waals surface area contributed by atoms with Gasteiger partial charge in [0.25, 0.3) is 11.8 Å². The summed E-state index contributed by atoms with van der Waals surface area (Å²) < 4.78 is 5.31. The van der Waals surface area contributed by atoms with Crippen LogP contribution in [0.15, 0.2) is 42.5 Å². The number of halogens is 2. The summed E-state index contributed by atoms with van der Waals surface area (Å²) in [7, 11) is 0. The summed E-state index contributed by atoms with van der Waals surface area (Å²) in [6.45, 7) is -0.298. The van der Waals surface area contributed by atoms with Gasteiger partial charge in [-0.1, -0.05) is 35.3 Å². The normalized spacial score (nSPS) is 10.1. The minimum absolute atomic E-state index is 0.109. The number of primary amides is 1. The molecule has 2 rings (SSSR count). The van der Waals surface area contributed by atoms with Crippen molar-refractivity contribution in [3.8, 4) is 5.75 Å². The molecule has 0 aliphatic rings. The molecular formula is C15H12Cl2N2O3. The number of nitrogens with one attached hydrogen (secondary N) is 1. The number of nitrogens with two attached hydrogens (primary N) is 1. The lowest BCUT2D eigenvalue weighted by Crippen LogP contribution is -2.21. The van der Waals surface area contributed by atoms with Crippen LogP contribution in [0.25, 0.3) is 0 Å². The van der Waals surface area contributed by atoms with E-state index in [-0.39, 0.29) is 17.9 Å². The molecular weight excluding hydrogens is 327 g/mol. The van der Waals surface area contributed by atoms with Crippen molar-refractivity contribution in [1.29, 1.82) is 0 Å². The van der Waals surface area contributed by atoms with Gasteiger partial charge >= 0.3 is 0 Å². The molecule has 0 aliphatic heterocycles. The molecule has 0 fully saturated rings. The molecule has 0 aromatic heterocycles. The van der Waals surface area contributed by atoms with Crippen LogP contribution >= 0.6 is 23.2 Å². The smallest absolute Gasteiger partial charge is 0.262 e. The first-order valence-corrected chi connectivity index (χ1v) is 6.99. The molecule has 2 amide bonds. The number of hydrogen-bond acceptors (Lipinski definition) is 3. The van der Waals surface area contributed by atoms with Gasteiger partial charge in [0.1, 0.15) is 5.75 Å². The Hall–Kier alpha value is -2.24. The van der Waals surface area contributed by atoms with Gasteiger partial charge in [-0.2, -0.15) is 0 Å². The molecule has 0 spiro atoms. The van der Waals surface area contributed by atoms with Crippen LogP contribution in [0.3, 0.4) is 0 Å². The Bertz CT molecular complexity index is 720. The van der Waals surface area contributed by atoms with Crippen molar-refractivity contribution < 1.29 is 14.3 Å². The van der Waals surface area contributed by atoms with Crippen molar-refractivity contribution >= 4 is 40.7 Å². The highest BCUT2D eigenvalue weighted by Gasteiger charge is 2.12. The molecule has 5 nitrogen and oxygen atoms in total. The van der Waals surface area contributed by atoms with E-state index in [9.17, 15) is 9.59 Å². The van der Waals surface area contributed by atoms with E-state index in [4.69, 9.17) is 33.7 Å². The number of carbonyl (C=O) groups excluding carboxylic acids is 2. The summed E-state index contributed by atoms with van der Waals surface area (Å²) >= 11 is 11.7. The first-order valence-electron chi connectivity index (χ1n) is 6.24. The Morgan fingerprint density at radius 2 is 1.86 bits per heavy atom. The second-order valence-electron chi connectivity index (χ2n) is 4.32. The molecule has 0 saturated heterocycles. The molecule has 0 atom stereocenters. The lowest BCUT2D eigenvalue weighted by atomic mass is 10.2. The van der Waals surface area contributed by atoms with E-state index in [1.54, 1.807) is 24.3 Å². The molecule has 0 saturated carbocycles. The van der Waals surface area contributed by atoms with Gasteiger partial charge in [-0.3, -0.25) is 9.59 Å². The molecule has 3 N–H and O–H groups in total. The third kappa shape index (κ3) is 4.13. The van der Waals surface area contributed by atoms with Crippen LogP contribution in [-0.2, 0) is 4.79 Å². The third-order valence-corrected chi connectivity index (χ3v) is 3.28. The maximum atomic E-state index is 11.8. The molecule has 114 valence electrons. The maximum absolute atomic E-state index is 11.8. The zero-order valence-corrected chi connectivity index (χ0v) is 12.8. The van der Waals surface area contributed by atoms with E-state index >= 15 is 0 Å². The number of anilines is 1. The highest BCUT2D eigenvalue weighted by molar-refractivity contribution is 6.33. The molecule has 2 aromatic carbocycles. The molecule has 0 bridgehead atoms. The Kier molecular flexibility index (Phi) is 5.25. The Morgan fingerprint density at radius 3 is 2.55 bits per heavy atom. The lowest BCUT2D eigenvalue weighted by Gasteiger charge is -2.11. The summed E-state index contributed by atoms with van der Waals surface area (Å²) in [6, 6.07) is 11.2. The van der Waals surface area contributed by atoms with Gasteiger partial charge in [0.2, 0.25) is 0 Å². The highest BCUT2D eigenvalue weighted by atomic mass is 35.5. The van der Waals surface area contributed by atoms with Crippen LogP contribution in [0, 0.1) is 0 Å². The number of benzene rings is 2. The SMILES string of the molecule is NC(=O)c1cc(Cl)ccc1OCC(=O)Nc1ccccc1Cl. The summed E-state index contributed by atoms with van der Waals surface area (Å²) in [5, 5.41) is 3.37. The number of ether oxygens (including phenoxy) is 1. The number of amides is 2. The fraction of sp³-hybridized carbons (Fsp3) is 0.0667. The van der Waals surface area contributed by atoms with Crippen LogP contribution in [-0.4, -0.2) is 18.4 Å². The number of hydrogen-bond donors (Lipinski definition) is 2. The highest BCUT2D eigenvalue weighted by Crippen LogP contribution is 2.23. The second kappa shape index (κ2) is 7.15. The number of para-hydroxylation sites is 1. The predicted octanol–water partition coefficient (Wildman–Crippen LogP) is 3.11. The second-order valence-corrected chi connectivity index (χ2v) is 5.17. The minimum Gasteiger partial charge on any atom is -0.483 e. The number of carbonyl (C=O) groups is 2. The fourth-order valence-corrected chi connectivity index (χ4v) is 2.07. The Morgan fingerprint density at radius 1 is 1.14 bits per heavy atom. The van der Waals surface area contributed by atoms with Crippen molar-refractivity contribution in [3.05, 3.63) is 58.1 Å². The van der Waals surface area contributed by atoms with E-state index in [1.165, 1.54) is 18.2 Å². The fourth-order valence-electron chi connectivity index (χ4n) is 1.71. The predicted molar refractivity (Wildman–Crippen MR) is 85.5 cm³/mol. The van der Waals surface area contributed by atoms with Crippen molar-refractivity contribution in [2.24, 2.45) is 5.73 Å². The van der Waals surface area contributed by atoms with E-state index in [2.05, 4.69) is 5.32 Å². The number of rotatable bonds is 5. The van der Waals surface area contributed by atoms with Crippen LogP contribution in [0.5, 0.6) is 5.75 Å². The molecule has 2 aromatic rings. The largest absolute Gasteiger partial charge is 0.483 e. The van der Waals surface area contributed by atoms with E-state index < -0.39 is 11.8 Å². The average Bonchev–Trinajstić information content (AvgIpc) is 2.48. The summed E-state index contributed by atoms with van der Waals surface area (Å²) in [6.07, 6.45) is 0. The summed E-state index contributed by atoms with van der Waals surface area (Å²) in [4.78, 5) is 23.2. The third-order valence-electron chi connectivity index (χ3n) is 2.71. The van der Waals surface area contributed by atoms with Crippen LogP contribution in [0.4, 0.5) is 5.69 Å². The van der Waals surface area contributed by atoms with Gasteiger partial charge in [0.15, 0.2) is 6.61 Å². The molecule has 0 radical (unpaired) electrons. The van der Waals surface area contributed by atoms with E-state index in [0.29, 0.717) is 15.7 Å². The van der Waals surface area contributed by atoms with Gasteiger partial charge in [0, 0.05) is 5.02 Å².